The standard InChI is InChI=1S/C18H21N3OS/c1-2-11-20-18(23)21-15-10-6-5-8-13(15)16(17(21)22)14-9-4-3-7-12-19-14/h2,5-6,8,10-11,16H,3-4,7,9,12H2,1H3,(H,20,23)/b11-2+/t16-/m1/s1. The Balaban J connectivity index is 1.98. The molecule has 1 atom stereocenters. The van der Waals surface area contributed by atoms with Gasteiger partial charge in [-0.2, -0.15) is 0 Å². The molecule has 3 rings (SSSR count). The van der Waals surface area contributed by atoms with Gasteiger partial charge < -0.3 is 5.32 Å². The van der Waals surface area contributed by atoms with Crippen LogP contribution in [-0.2, 0) is 4.79 Å². The molecule has 0 aromatic heterocycles. The Hall–Kier alpha value is -2.01. The topological polar surface area (TPSA) is 44.7 Å². The number of nitrogens with zero attached hydrogens (tertiary/aromatic N) is 2. The molecule has 2 aliphatic heterocycles. The van der Waals surface area contributed by atoms with Gasteiger partial charge in [0, 0.05) is 12.3 Å². The molecule has 2 aliphatic rings. The first-order chi connectivity index (χ1) is 11.2. The third-order valence-electron chi connectivity index (χ3n) is 4.27. The van der Waals surface area contributed by atoms with E-state index in [-0.39, 0.29) is 11.8 Å². The van der Waals surface area contributed by atoms with Crippen molar-refractivity contribution >= 4 is 34.6 Å². The van der Waals surface area contributed by atoms with Crippen molar-refractivity contribution in [2.45, 2.75) is 38.5 Å². The minimum atomic E-state index is -0.283. The summed E-state index contributed by atoms with van der Waals surface area (Å²) >= 11 is 5.42. The van der Waals surface area contributed by atoms with Crippen LogP contribution in [-0.4, -0.2) is 23.3 Å². The van der Waals surface area contributed by atoms with Gasteiger partial charge in [0.15, 0.2) is 5.11 Å². The van der Waals surface area contributed by atoms with Crippen molar-refractivity contribution in [1.29, 1.82) is 0 Å². The molecule has 23 heavy (non-hydrogen) atoms. The average molecular weight is 327 g/mol. The highest BCUT2D eigenvalue weighted by atomic mass is 32.1. The summed E-state index contributed by atoms with van der Waals surface area (Å²) in [6.45, 7) is 2.72. The number of amides is 1. The second-order valence-corrected chi connectivity index (χ2v) is 6.19. The van der Waals surface area contributed by atoms with E-state index < -0.39 is 0 Å². The number of carbonyl (C=O) groups is 1. The van der Waals surface area contributed by atoms with E-state index in [2.05, 4.69) is 5.32 Å². The van der Waals surface area contributed by atoms with Crippen LogP contribution >= 0.6 is 12.2 Å². The van der Waals surface area contributed by atoms with Gasteiger partial charge in [-0.25, -0.2) is 0 Å². The first-order valence-corrected chi connectivity index (χ1v) is 8.52. The smallest absolute Gasteiger partial charge is 0.246 e. The van der Waals surface area contributed by atoms with Crippen molar-refractivity contribution < 1.29 is 4.79 Å². The number of rotatable bonds is 2. The zero-order valence-corrected chi connectivity index (χ0v) is 14.1. The summed E-state index contributed by atoms with van der Waals surface area (Å²) in [5, 5.41) is 3.41. The number of aliphatic imine (C=N–C) groups is 1. The lowest BCUT2D eigenvalue weighted by molar-refractivity contribution is -0.117. The summed E-state index contributed by atoms with van der Waals surface area (Å²) in [6.07, 6.45) is 7.89. The Morgan fingerprint density at radius 1 is 1.35 bits per heavy atom. The molecule has 4 nitrogen and oxygen atoms in total. The zero-order valence-electron chi connectivity index (χ0n) is 13.3. The van der Waals surface area contributed by atoms with E-state index in [1.54, 1.807) is 11.1 Å². The molecule has 0 saturated heterocycles. The fourth-order valence-corrected chi connectivity index (χ4v) is 3.46. The fourth-order valence-electron chi connectivity index (χ4n) is 3.20. The molecule has 0 bridgehead atoms. The highest BCUT2D eigenvalue weighted by Crippen LogP contribution is 2.39. The third-order valence-corrected chi connectivity index (χ3v) is 4.57. The van der Waals surface area contributed by atoms with Crippen molar-refractivity contribution in [3.8, 4) is 0 Å². The van der Waals surface area contributed by atoms with E-state index in [1.807, 2.05) is 37.3 Å². The maximum Gasteiger partial charge on any atom is 0.246 e. The van der Waals surface area contributed by atoms with E-state index in [0.717, 1.165) is 42.8 Å². The number of fused-ring (bicyclic) bond motifs is 1. The number of hydrogen-bond acceptors (Lipinski definition) is 3. The van der Waals surface area contributed by atoms with Crippen LogP contribution in [0.4, 0.5) is 5.69 Å². The third kappa shape index (κ3) is 3.06. The Morgan fingerprint density at radius 3 is 3.00 bits per heavy atom. The summed E-state index contributed by atoms with van der Waals surface area (Å²) in [5.74, 6) is -0.275. The maximum atomic E-state index is 13.1. The van der Waals surface area contributed by atoms with Gasteiger partial charge in [0.1, 0.15) is 5.92 Å². The van der Waals surface area contributed by atoms with Crippen LogP contribution < -0.4 is 10.2 Å². The van der Waals surface area contributed by atoms with Crippen molar-refractivity contribution in [2.75, 3.05) is 11.4 Å². The summed E-state index contributed by atoms with van der Waals surface area (Å²) in [7, 11) is 0. The monoisotopic (exact) mass is 327 g/mol. The van der Waals surface area contributed by atoms with Gasteiger partial charge in [-0.1, -0.05) is 30.7 Å². The molecule has 1 aromatic carbocycles. The van der Waals surface area contributed by atoms with E-state index in [9.17, 15) is 4.79 Å². The van der Waals surface area contributed by atoms with Crippen LogP contribution in [0.25, 0.3) is 0 Å². The van der Waals surface area contributed by atoms with Crippen molar-refractivity contribution in [1.82, 2.24) is 5.32 Å². The normalized spacial score (nSPS) is 21.1. The molecule has 0 unspecified atom stereocenters. The van der Waals surface area contributed by atoms with Crippen LogP contribution in [0.15, 0.2) is 41.5 Å². The number of nitrogens with one attached hydrogen (secondary N) is 1. The second-order valence-electron chi connectivity index (χ2n) is 5.80. The molecule has 1 aromatic rings. The van der Waals surface area contributed by atoms with Crippen LogP contribution in [0.5, 0.6) is 0 Å². The molecule has 0 radical (unpaired) electrons. The van der Waals surface area contributed by atoms with E-state index >= 15 is 0 Å². The quantitative estimate of drug-likeness (QED) is 0.845. The molecule has 1 amide bonds. The molecule has 0 fully saturated rings. The summed E-state index contributed by atoms with van der Waals surface area (Å²) in [6, 6.07) is 7.88. The van der Waals surface area contributed by atoms with Crippen LogP contribution in [0, 0.1) is 0 Å². The van der Waals surface area contributed by atoms with Crippen molar-refractivity contribution in [2.24, 2.45) is 4.99 Å². The van der Waals surface area contributed by atoms with Crippen LogP contribution in [0.2, 0.25) is 0 Å². The van der Waals surface area contributed by atoms with Gasteiger partial charge >= 0.3 is 0 Å². The minimum absolute atomic E-state index is 0.00820. The molecule has 5 heteroatoms. The number of anilines is 1. The molecular formula is C18H21N3OS. The molecular weight excluding hydrogens is 306 g/mol. The van der Waals surface area contributed by atoms with Gasteiger partial charge in [-0.3, -0.25) is 14.7 Å². The van der Waals surface area contributed by atoms with Crippen molar-refractivity contribution in [3.05, 3.63) is 42.1 Å². The van der Waals surface area contributed by atoms with Gasteiger partial charge in [-0.05, 0) is 56.2 Å². The lowest BCUT2D eigenvalue weighted by atomic mass is 9.92. The van der Waals surface area contributed by atoms with E-state index in [1.165, 1.54) is 6.42 Å². The summed E-state index contributed by atoms with van der Waals surface area (Å²) in [5.41, 5.74) is 2.90. The second kappa shape index (κ2) is 7.04. The number of benzene rings is 1. The zero-order chi connectivity index (χ0) is 16.2. The molecule has 120 valence electrons. The van der Waals surface area contributed by atoms with Crippen molar-refractivity contribution in [3.63, 3.8) is 0 Å². The first-order valence-electron chi connectivity index (χ1n) is 8.12. The van der Waals surface area contributed by atoms with Gasteiger partial charge in [-0.15, -0.1) is 0 Å². The highest BCUT2D eigenvalue weighted by Gasteiger charge is 2.41. The Morgan fingerprint density at radius 2 is 2.17 bits per heavy atom. The van der Waals surface area contributed by atoms with Crippen LogP contribution in [0.3, 0.4) is 0 Å². The van der Waals surface area contributed by atoms with E-state index in [0.29, 0.717) is 5.11 Å². The summed E-state index contributed by atoms with van der Waals surface area (Å²) in [4.78, 5) is 19.4. The van der Waals surface area contributed by atoms with Gasteiger partial charge in [0.05, 0.1) is 5.69 Å². The van der Waals surface area contributed by atoms with Gasteiger partial charge in [0.2, 0.25) is 5.91 Å². The maximum absolute atomic E-state index is 13.1. The van der Waals surface area contributed by atoms with Crippen LogP contribution in [0.1, 0.15) is 44.1 Å². The lowest BCUT2D eigenvalue weighted by Crippen LogP contribution is -2.41. The lowest BCUT2D eigenvalue weighted by Gasteiger charge is -2.19. The summed E-state index contributed by atoms with van der Waals surface area (Å²) < 4.78 is 0. The average Bonchev–Trinajstić information content (AvgIpc) is 2.71. The SMILES string of the molecule is C/C=C/NC(=S)N1C(=O)[C@@H](C2=NCCCCC2)c2ccccc21. The van der Waals surface area contributed by atoms with E-state index in [4.69, 9.17) is 17.2 Å². The molecule has 0 saturated carbocycles. The first kappa shape index (κ1) is 15.9. The predicted molar refractivity (Wildman–Crippen MR) is 98.0 cm³/mol. The highest BCUT2D eigenvalue weighted by molar-refractivity contribution is 7.80. The molecule has 2 heterocycles. The fraction of sp³-hybridized carbons (Fsp3) is 0.389. The Labute approximate surface area is 142 Å². The Bertz CT molecular complexity index is 681. The number of para-hydroxylation sites is 1. The molecule has 1 N–H and O–H groups in total. The molecule has 0 aliphatic carbocycles. The number of carbonyl (C=O) groups excluding carboxylic acids is 1. The Kier molecular flexibility index (Phi) is 4.86. The number of hydrogen-bond donors (Lipinski definition) is 1. The largest absolute Gasteiger partial charge is 0.339 e. The predicted octanol–water partition coefficient (Wildman–Crippen LogP) is 3.54. The number of allylic oxidation sites excluding steroid dienone is 1. The minimum Gasteiger partial charge on any atom is -0.339 e. The molecule has 0 spiro atoms. The van der Waals surface area contributed by atoms with Gasteiger partial charge in [0.25, 0.3) is 0 Å². The number of thiocarbonyl (C=S) groups is 1.